The van der Waals surface area contributed by atoms with Crippen LogP contribution in [-0.4, -0.2) is 89.2 Å². The summed E-state index contributed by atoms with van der Waals surface area (Å²) in [7, 11) is 0. The summed E-state index contributed by atoms with van der Waals surface area (Å²) >= 11 is 0. The molecule has 1 heterocycles. The van der Waals surface area contributed by atoms with E-state index in [1.165, 1.54) is 96.3 Å². The fourth-order valence-electron chi connectivity index (χ4n) is 8.26. The molecule has 71 heavy (non-hydrogen) atoms. The van der Waals surface area contributed by atoms with Crippen LogP contribution in [-0.2, 0) is 42.9 Å². The van der Waals surface area contributed by atoms with E-state index in [2.05, 4.69) is 63.3 Å². The predicted octanol–water partition coefficient (Wildman–Crippen LogP) is 14.0. The second kappa shape index (κ2) is 47.4. The Morgan fingerprint density at radius 2 is 0.915 bits per heavy atom. The summed E-state index contributed by atoms with van der Waals surface area (Å²) < 4.78 is 28.3. The number of hydrogen-bond donors (Lipinski definition) is 3. The number of hydrogen-bond acceptors (Lipinski definition) is 11. The first kappa shape index (κ1) is 65.4. The van der Waals surface area contributed by atoms with Gasteiger partial charge in [-0.3, -0.25) is 14.4 Å². The van der Waals surface area contributed by atoms with Gasteiger partial charge in [0.05, 0.1) is 6.61 Å². The number of aliphatic hydroxyl groups excluding tert-OH is 2. The molecule has 0 spiro atoms. The minimum absolute atomic E-state index is 0.0611. The number of carboxylic acid groups (broad SMARTS) is 1. The van der Waals surface area contributed by atoms with E-state index in [1.807, 2.05) is 18.2 Å². The lowest BCUT2D eigenvalue weighted by atomic mass is 9.98. The van der Waals surface area contributed by atoms with Gasteiger partial charge < -0.3 is 39.0 Å². The van der Waals surface area contributed by atoms with Crippen molar-refractivity contribution >= 4 is 23.9 Å². The lowest BCUT2D eigenvalue weighted by molar-refractivity contribution is -0.301. The molecule has 12 heteroatoms. The van der Waals surface area contributed by atoms with Gasteiger partial charge in [-0.05, 0) is 70.6 Å². The van der Waals surface area contributed by atoms with Crippen molar-refractivity contribution in [2.24, 2.45) is 0 Å². The highest BCUT2D eigenvalue weighted by atomic mass is 16.7. The smallest absolute Gasteiger partial charge is 0.335 e. The van der Waals surface area contributed by atoms with Crippen molar-refractivity contribution in [3.63, 3.8) is 0 Å². The second-order valence-corrected chi connectivity index (χ2v) is 19.2. The number of ether oxygens (including phenoxy) is 5. The van der Waals surface area contributed by atoms with Gasteiger partial charge in [0, 0.05) is 19.3 Å². The molecule has 1 saturated heterocycles. The van der Waals surface area contributed by atoms with Crippen LogP contribution in [0.15, 0.2) is 60.8 Å². The Morgan fingerprint density at radius 1 is 0.479 bits per heavy atom. The first-order chi connectivity index (χ1) is 34.6. The molecule has 0 aromatic heterocycles. The van der Waals surface area contributed by atoms with Gasteiger partial charge in [0.25, 0.3) is 0 Å². The minimum Gasteiger partial charge on any atom is -0.479 e. The van der Waals surface area contributed by atoms with Gasteiger partial charge in [0.1, 0.15) is 18.8 Å². The Balaban J connectivity index is 2.74. The molecular weight excluding hydrogens is 901 g/mol. The van der Waals surface area contributed by atoms with Crippen molar-refractivity contribution in [3.8, 4) is 0 Å². The van der Waals surface area contributed by atoms with Gasteiger partial charge >= 0.3 is 23.9 Å². The summed E-state index contributed by atoms with van der Waals surface area (Å²) in [6.45, 7) is 5.82. The Labute approximate surface area is 430 Å². The highest BCUT2D eigenvalue weighted by Gasteiger charge is 2.50. The molecule has 0 aromatic carbocycles. The third-order valence-corrected chi connectivity index (χ3v) is 12.6. The maximum absolute atomic E-state index is 13.1. The molecule has 1 aliphatic rings. The number of carbonyl (C=O) groups excluding carboxylic acids is 3. The third kappa shape index (κ3) is 37.8. The molecule has 0 amide bonds. The lowest BCUT2D eigenvalue weighted by Crippen LogP contribution is -2.61. The Bertz CT molecular complexity index is 1470. The second-order valence-electron chi connectivity index (χ2n) is 19.2. The highest BCUT2D eigenvalue weighted by Crippen LogP contribution is 2.26. The van der Waals surface area contributed by atoms with Crippen LogP contribution in [0.2, 0.25) is 0 Å². The molecule has 0 aliphatic carbocycles. The van der Waals surface area contributed by atoms with Crippen molar-refractivity contribution in [2.45, 2.75) is 276 Å². The fourth-order valence-corrected chi connectivity index (χ4v) is 8.26. The van der Waals surface area contributed by atoms with Gasteiger partial charge in [-0.2, -0.15) is 0 Å². The van der Waals surface area contributed by atoms with Crippen LogP contribution in [0.5, 0.6) is 0 Å². The molecule has 0 radical (unpaired) electrons. The van der Waals surface area contributed by atoms with Crippen LogP contribution in [0.1, 0.15) is 239 Å². The van der Waals surface area contributed by atoms with E-state index in [9.17, 15) is 34.5 Å². The van der Waals surface area contributed by atoms with Crippen molar-refractivity contribution in [1.82, 2.24) is 0 Å². The zero-order valence-corrected chi connectivity index (χ0v) is 44.7. The van der Waals surface area contributed by atoms with E-state index in [0.29, 0.717) is 25.7 Å². The molecule has 6 unspecified atom stereocenters. The van der Waals surface area contributed by atoms with Crippen molar-refractivity contribution in [1.29, 1.82) is 0 Å². The van der Waals surface area contributed by atoms with E-state index >= 15 is 0 Å². The molecular formula is C59H100O12. The standard InChI is InChI=1S/C59H100O12/c1-4-7-10-13-16-19-22-25-26-29-30-33-36-39-42-45-51(60)67-48-50(69-52(61)46-43-40-37-34-31-27-23-20-17-14-11-8-5-2)49-68-59-57(55(64)54(63)56(71-59)58(65)66)70-53(62)47-44-41-38-35-32-28-24-21-18-15-12-9-6-3/h9,12,18,20-21,23,28,32,38,41,50,54-57,59,63-64H,4-8,10-11,13-17,19,22,24-27,29-31,33-37,39-40,42-49H2,1-3H3,(H,65,66)/b12-9-,21-18-,23-20-,32-28-,41-38-. The average molecular weight is 1000 g/mol. The number of unbranched alkanes of at least 4 members (excludes halogenated alkanes) is 23. The summed E-state index contributed by atoms with van der Waals surface area (Å²) in [5.74, 6) is -3.23. The van der Waals surface area contributed by atoms with Crippen molar-refractivity contribution < 1.29 is 58.2 Å². The minimum atomic E-state index is -1.93. The van der Waals surface area contributed by atoms with Crippen LogP contribution >= 0.6 is 0 Å². The van der Waals surface area contributed by atoms with E-state index in [0.717, 1.165) is 77.0 Å². The first-order valence-corrected chi connectivity index (χ1v) is 28.3. The summed E-state index contributed by atoms with van der Waals surface area (Å²) in [6.07, 6.45) is 45.0. The lowest BCUT2D eigenvalue weighted by Gasteiger charge is -2.40. The summed E-state index contributed by atoms with van der Waals surface area (Å²) in [5, 5.41) is 31.4. The number of carboxylic acids is 1. The summed E-state index contributed by atoms with van der Waals surface area (Å²) in [4.78, 5) is 50.9. The molecule has 0 saturated carbocycles. The van der Waals surface area contributed by atoms with Gasteiger partial charge in [-0.1, -0.05) is 210 Å². The normalized spacial score (nSPS) is 18.9. The van der Waals surface area contributed by atoms with Gasteiger partial charge in [-0.15, -0.1) is 0 Å². The zero-order chi connectivity index (χ0) is 51.8. The molecule has 0 aromatic rings. The number of rotatable bonds is 47. The summed E-state index contributed by atoms with van der Waals surface area (Å²) in [5.41, 5.74) is 0. The van der Waals surface area contributed by atoms with Crippen LogP contribution in [0.25, 0.3) is 0 Å². The number of carbonyl (C=O) groups is 4. The third-order valence-electron chi connectivity index (χ3n) is 12.6. The molecule has 6 atom stereocenters. The topological polar surface area (TPSA) is 175 Å². The largest absolute Gasteiger partial charge is 0.479 e. The maximum atomic E-state index is 13.1. The Kier molecular flexibility index (Phi) is 43.7. The number of esters is 3. The fraction of sp³-hybridized carbons (Fsp3) is 0.763. The van der Waals surface area contributed by atoms with E-state index in [4.69, 9.17) is 23.7 Å². The monoisotopic (exact) mass is 1000 g/mol. The van der Waals surface area contributed by atoms with E-state index in [-0.39, 0.29) is 25.9 Å². The molecule has 408 valence electrons. The maximum Gasteiger partial charge on any atom is 0.335 e. The van der Waals surface area contributed by atoms with Crippen LogP contribution in [0.3, 0.4) is 0 Å². The van der Waals surface area contributed by atoms with Crippen LogP contribution in [0.4, 0.5) is 0 Å². The Morgan fingerprint density at radius 3 is 1.42 bits per heavy atom. The molecule has 12 nitrogen and oxygen atoms in total. The zero-order valence-electron chi connectivity index (χ0n) is 44.7. The van der Waals surface area contributed by atoms with Crippen molar-refractivity contribution in [2.75, 3.05) is 13.2 Å². The quantitative estimate of drug-likeness (QED) is 0.0228. The molecule has 1 rings (SSSR count). The van der Waals surface area contributed by atoms with Crippen LogP contribution < -0.4 is 0 Å². The molecule has 3 N–H and O–H groups in total. The highest BCUT2D eigenvalue weighted by molar-refractivity contribution is 5.74. The first-order valence-electron chi connectivity index (χ1n) is 28.3. The predicted molar refractivity (Wildman–Crippen MR) is 285 cm³/mol. The van der Waals surface area contributed by atoms with Gasteiger partial charge in [0.15, 0.2) is 24.6 Å². The number of aliphatic hydroxyl groups is 2. The Hall–Kier alpha value is -3.58. The molecule has 0 bridgehead atoms. The van der Waals surface area contributed by atoms with Crippen LogP contribution in [0, 0.1) is 0 Å². The number of allylic oxidation sites excluding steroid dienone is 10. The molecule has 1 fully saturated rings. The van der Waals surface area contributed by atoms with Gasteiger partial charge in [-0.25, -0.2) is 4.79 Å². The number of aliphatic carboxylic acids is 1. The van der Waals surface area contributed by atoms with Gasteiger partial charge in [0.2, 0.25) is 0 Å². The van der Waals surface area contributed by atoms with E-state index < -0.39 is 67.3 Å². The SMILES string of the molecule is CC/C=C\C/C=C\C/C=C\C/C=C\CCC(=O)OC1C(OCC(COC(=O)CCCCCCCCCCCCCCCCC)OC(=O)CCCCCCC/C=C\CCCCCC)OC(C(=O)O)C(O)C1O. The van der Waals surface area contributed by atoms with E-state index in [1.54, 1.807) is 0 Å². The summed E-state index contributed by atoms with van der Waals surface area (Å²) in [6, 6.07) is 0. The van der Waals surface area contributed by atoms with Crippen molar-refractivity contribution in [3.05, 3.63) is 60.8 Å². The molecule has 1 aliphatic heterocycles. The average Bonchev–Trinajstić information content (AvgIpc) is 3.35.